The van der Waals surface area contributed by atoms with Crippen LogP contribution in [0, 0.1) is 11.8 Å². The number of fused-ring (bicyclic) bond motifs is 5. The quantitative estimate of drug-likeness (QED) is 0.152. The maximum atomic E-state index is 5.40. The van der Waals surface area contributed by atoms with E-state index in [9.17, 15) is 0 Å². The molecule has 0 spiro atoms. The third kappa shape index (κ3) is 6.09. The van der Waals surface area contributed by atoms with E-state index >= 15 is 0 Å². The van der Waals surface area contributed by atoms with Gasteiger partial charge in [-0.1, -0.05) is 88.4 Å². The molecule has 50 heavy (non-hydrogen) atoms. The third-order valence-corrected chi connectivity index (χ3v) is 9.14. The summed E-state index contributed by atoms with van der Waals surface area (Å²) in [6.07, 6.45) is 9.02. The first kappa shape index (κ1) is 31.4. The molecule has 4 aromatic carbocycles. The van der Waals surface area contributed by atoms with Crippen LogP contribution in [0.1, 0.15) is 38.8 Å². The number of benzene rings is 4. The second kappa shape index (κ2) is 13.2. The fourth-order valence-corrected chi connectivity index (χ4v) is 6.97. The summed E-state index contributed by atoms with van der Waals surface area (Å²) in [6, 6.07) is 34.0. The van der Waals surface area contributed by atoms with E-state index in [1.54, 1.807) is 24.8 Å². The van der Waals surface area contributed by atoms with Crippen LogP contribution >= 0.6 is 0 Å². The van der Waals surface area contributed by atoms with Crippen LogP contribution < -0.4 is 0 Å². The van der Waals surface area contributed by atoms with Gasteiger partial charge in [-0.2, -0.15) is 0 Å². The molecule has 0 unspecified atom stereocenters. The van der Waals surface area contributed by atoms with Crippen molar-refractivity contribution in [3.63, 3.8) is 0 Å². The molecule has 0 bridgehead atoms. The average Bonchev–Trinajstić information content (AvgIpc) is 3.15. The first-order valence-electron chi connectivity index (χ1n) is 17.4. The number of nitrogens with zero attached hydrogens (tertiary/aromatic N) is 6. The van der Waals surface area contributed by atoms with Crippen molar-refractivity contribution in [2.24, 2.45) is 11.8 Å². The highest BCUT2D eigenvalue weighted by Crippen LogP contribution is 2.37. The first-order valence-corrected chi connectivity index (χ1v) is 17.4. The zero-order valence-electron chi connectivity index (χ0n) is 28.8. The Morgan fingerprint density at radius 3 is 1.20 bits per heavy atom. The van der Waals surface area contributed by atoms with Crippen molar-refractivity contribution in [1.82, 2.24) is 29.9 Å². The molecule has 0 radical (unpaired) electrons. The fraction of sp³-hybridized carbons (Fsp3) is 0.182. The summed E-state index contributed by atoms with van der Waals surface area (Å²) in [6.45, 7) is 9.09. The molecule has 0 aliphatic carbocycles. The number of rotatable bonds is 8. The van der Waals surface area contributed by atoms with Gasteiger partial charge in [-0.05, 0) is 72.2 Å². The molecule has 0 saturated heterocycles. The maximum absolute atomic E-state index is 5.40. The standard InChI is InChI=1S/C44H38N6/c1-27(2)21-33-25-39(29-9-5-11-31(23-29)43-45-17-7-18-46-43)49-41-35(33)13-15-38-37(41)16-14-36-34(22-28(3)4)26-40(50-42(36)38)30-10-6-12-32(24-30)44-47-19-8-20-48-44/h5-20,23-28H,21-22H2,1-4H3. The highest BCUT2D eigenvalue weighted by Gasteiger charge is 2.17. The molecule has 0 amide bonds. The average molecular weight is 651 g/mol. The summed E-state index contributed by atoms with van der Waals surface area (Å²) in [7, 11) is 0. The van der Waals surface area contributed by atoms with Crippen LogP contribution in [0.3, 0.4) is 0 Å². The van der Waals surface area contributed by atoms with Gasteiger partial charge < -0.3 is 0 Å². The van der Waals surface area contributed by atoms with Gasteiger partial charge in [0.05, 0.1) is 22.4 Å². The molecule has 6 heteroatoms. The van der Waals surface area contributed by atoms with Crippen LogP contribution in [0.15, 0.2) is 122 Å². The molecule has 6 nitrogen and oxygen atoms in total. The minimum Gasteiger partial charge on any atom is -0.247 e. The summed E-state index contributed by atoms with van der Waals surface area (Å²) in [5, 5.41) is 4.59. The predicted molar refractivity (Wildman–Crippen MR) is 205 cm³/mol. The molecule has 0 fully saturated rings. The number of hydrogen-bond donors (Lipinski definition) is 0. The van der Waals surface area contributed by atoms with Gasteiger partial charge in [0.25, 0.3) is 0 Å². The van der Waals surface area contributed by atoms with Gasteiger partial charge in [0.1, 0.15) is 0 Å². The molecule has 0 saturated carbocycles. The van der Waals surface area contributed by atoms with E-state index in [1.807, 2.05) is 12.1 Å². The van der Waals surface area contributed by atoms with Crippen LogP contribution in [0.5, 0.6) is 0 Å². The summed E-state index contributed by atoms with van der Waals surface area (Å²) in [5.74, 6) is 2.39. The minimum atomic E-state index is 0.490. The van der Waals surface area contributed by atoms with E-state index < -0.39 is 0 Å². The van der Waals surface area contributed by atoms with E-state index in [4.69, 9.17) is 9.97 Å². The van der Waals surface area contributed by atoms with Crippen LogP contribution in [0.25, 0.3) is 77.9 Å². The molecule has 244 valence electrons. The van der Waals surface area contributed by atoms with Gasteiger partial charge in [-0.15, -0.1) is 0 Å². The largest absolute Gasteiger partial charge is 0.247 e. The molecular formula is C44H38N6. The molecule has 8 aromatic rings. The van der Waals surface area contributed by atoms with Crippen molar-refractivity contribution >= 4 is 32.6 Å². The Bertz CT molecular complexity index is 2310. The van der Waals surface area contributed by atoms with Crippen molar-refractivity contribution in [3.8, 4) is 45.3 Å². The zero-order chi connectivity index (χ0) is 34.2. The van der Waals surface area contributed by atoms with Crippen LogP contribution in [0.2, 0.25) is 0 Å². The van der Waals surface area contributed by atoms with Crippen LogP contribution in [-0.2, 0) is 12.8 Å². The van der Waals surface area contributed by atoms with Gasteiger partial charge >= 0.3 is 0 Å². The molecule has 4 aromatic heterocycles. The number of hydrogen-bond acceptors (Lipinski definition) is 6. The SMILES string of the molecule is CC(C)Cc1cc(-c2cccc(-c3ncccn3)c2)nc2c1ccc1c2ccc2c(CC(C)C)cc(-c3cccc(-c4ncccn4)c3)nc21. The normalized spacial score (nSPS) is 11.7. The van der Waals surface area contributed by atoms with Crippen molar-refractivity contribution < 1.29 is 0 Å². The lowest BCUT2D eigenvalue weighted by atomic mass is 9.92. The topological polar surface area (TPSA) is 77.3 Å². The number of aromatic nitrogens is 6. The molecule has 0 N–H and O–H groups in total. The van der Waals surface area contributed by atoms with Crippen molar-refractivity contribution in [2.75, 3.05) is 0 Å². The fourth-order valence-electron chi connectivity index (χ4n) is 6.97. The van der Waals surface area contributed by atoms with Crippen LogP contribution in [0.4, 0.5) is 0 Å². The van der Waals surface area contributed by atoms with Crippen LogP contribution in [-0.4, -0.2) is 29.9 Å². The Balaban J connectivity index is 1.35. The predicted octanol–water partition coefficient (Wildman–Crippen LogP) is 10.6. The van der Waals surface area contributed by atoms with Crippen molar-refractivity contribution in [2.45, 2.75) is 40.5 Å². The molecule has 0 atom stereocenters. The first-order chi connectivity index (χ1) is 24.4. The molecule has 0 aliphatic heterocycles. The molecular weight excluding hydrogens is 613 g/mol. The van der Waals surface area contributed by atoms with Crippen molar-refractivity contribution in [1.29, 1.82) is 0 Å². The van der Waals surface area contributed by atoms with E-state index in [0.29, 0.717) is 23.5 Å². The maximum Gasteiger partial charge on any atom is 0.159 e. The van der Waals surface area contributed by atoms with Gasteiger partial charge in [0.15, 0.2) is 11.6 Å². The van der Waals surface area contributed by atoms with E-state index in [-0.39, 0.29) is 0 Å². The Morgan fingerprint density at radius 1 is 0.420 bits per heavy atom. The number of pyridine rings is 2. The Morgan fingerprint density at radius 2 is 0.800 bits per heavy atom. The highest BCUT2D eigenvalue weighted by molar-refractivity contribution is 6.16. The lowest BCUT2D eigenvalue weighted by Gasteiger charge is -2.16. The lowest BCUT2D eigenvalue weighted by molar-refractivity contribution is 0.650. The van der Waals surface area contributed by atoms with Gasteiger partial charge in [0.2, 0.25) is 0 Å². The van der Waals surface area contributed by atoms with E-state index in [0.717, 1.165) is 68.3 Å². The smallest absolute Gasteiger partial charge is 0.159 e. The lowest BCUT2D eigenvalue weighted by Crippen LogP contribution is -2.00. The molecule has 0 aliphatic rings. The molecule has 8 rings (SSSR count). The minimum absolute atomic E-state index is 0.490. The second-order valence-corrected chi connectivity index (χ2v) is 13.9. The second-order valence-electron chi connectivity index (χ2n) is 13.9. The third-order valence-electron chi connectivity index (χ3n) is 9.14. The van der Waals surface area contributed by atoms with E-state index in [2.05, 4.69) is 133 Å². The summed E-state index contributed by atoms with van der Waals surface area (Å²) in [4.78, 5) is 28.8. The van der Waals surface area contributed by atoms with Crippen molar-refractivity contribution in [3.05, 3.63) is 133 Å². The zero-order valence-corrected chi connectivity index (χ0v) is 28.8. The summed E-state index contributed by atoms with van der Waals surface area (Å²) < 4.78 is 0. The Hall–Kier alpha value is -5.88. The summed E-state index contributed by atoms with van der Waals surface area (Å²) >= 11 is 0. The van der Waals surface area contributed by atoms with Gasteiger partial charge in [0, 0.05) is 68.6 Å². The highest BCUT2D eigenvalue weighted by atomic mass is 14.9. The molecule has 4 heterocycles. The monoisotopic (exact) mass is 650 g/mol. The Labute approximate surface area is 292 Å². The van der Waals surface area contributed by atoms with Gasteiger partial charge in [-0.25, -0.2) is 29.9 Å². The summed E-state index contributed by atoms with van der Waals surface area (Å²) in [5.41, 5.74) is 10.5. The van der Waals surface area contributed by atoms with E-state index in [1.165, 1.54) is 21.9 Å². The van der Waals surface area contributed by atoms with Gasteiger partial charge in [-0.3, -0.25) is 0 Å². The Kier molecular flexibility index (Phi) is 8.29.